The average Bonchev–Trinajstić information content (AvgIpc) is 2.33. The second-order valence-corrected chi connectivity index (χ2v) is 4.54. The number of nitrogens with two attached hydrogens (primary N) is 1. The summed E-state index contributed by atoms with van der Waals surface area (Å²) >= 11 is 0. The molecule has 0 saturated carbocycles. The van der Waals surface area contributed by atoms with Gasteiger partial charge in [-0.3, -0.25) is 4.79 Å². The van der Waals surface area contributed by atoms with E-state index in [0.717, 1.165) is 12.1 Å². The van der Waals surface area contributed by atoms with Crippen LogP contribution in [0.15, 0.2) is 18.2 Å². The van der Waals surface area contributed by atoms with Crippen LogP contribution in [0.3, 0.4) is 0 Å². The van der Waals surface area contributed by atoms with Gasteiger partial charge in [-0.1, -0.05) is 6.07 Å². The van der Waals surface area contributed by atoms with Crippen LogP contribution in [0.2, 0.25) is 0 Å². The molecule has 0 radical (unpaired) electrons. The van der Waals surface area contributed by atoms with Crippen molar-refractivity contribution in [3.8, 4) is 0 Å². The van der Waals surface area contributed by atoms with E-state index in [4.69, 9.17) is 5.73 Å². The predicted molar refractivity (Wildman–Crippen MR) is 66.6 cm³/mol. The molecule has 0 bridgehead atoms. The molecule has 1 unspecified atom stereocenters. The van der Waals surface area contributed by atoms with Gasteiger partial charge in [-0.2, -0.15) is 13.2 Å². The van der Waals surface area contributed by atoms with Crippen LogP contribution in [-0.2, 0) is 6.18 Å². The van der Waals surface area contributed by atoms with Crippen molar-refractivity contribution in [2.24, 2.45) is 5.73 Å². The number of nitrogens with one attached hydrogen (secondary N) is 1. The Morgan fingerprint density at radius 1 is 1.40 bits per heavy atom. The van der Waals surface area contributed by atoms with E-state index >= 15 is 0 Å². The van der Waals surface area contributed by atoms with E-state index in [1.54, 1.807) is 6.92 Å². The summed E-state index contributed by atoms with van der Waals surface area (Å²) in [6.45, 7) is 2.03. The van der Waals surface area contributed by atoms with Crippen LogP contribution in [-0.4, -0.2) is 18.5 Å². The Balaban J connectivity index is 2.74. The maximum atomic E-state index is 13.7. The number of hydrogen-bond donors (Lipinski definition) is 2. The fourth-order valence-electron chi connectivity index (χ4n) is 1.65. The SMILES string of the molecule is CC(N)CCCNC(=O)c1cccc(C(F)(F)F)c1F. The topological polar surface area (TPSA) is 55.1 Å². The number of benzene rings is 1. The van der Waals surface area contributed by atoms with E-state index in [1.165, 1.54) is 0 Å². The van der Waals surface area contributed by atoms with E-state index in [9.17, 15) is 22.4 Å². The lowest BCUT2D eigenvalue weighted by Gasteiger charge is -2.11. The summed E-state index contributed by atoms with van der Waals surface area (Å²) in [5.74, 6) is -2.41. The minimum Gasteiger partial charge on any atom is -0.352 e. The molecule has 0 heterocycles. The molecule has 1 amide bonds. The van der Waals surface area contributed by atoms with Crippen LogP contribution >= 0.6 is 0 Å². The molecule has 3 N–H and O–H groups in total. The number of halogens is 4. The molecular formula is C13H16F4N2O. The Bertz CT molecular complexity index is 472. The number of carbonyl (C=O) groups excluding carboxylic acids is 1. The summed E-state index contributed by atoms with van der Waals surface area (Å²) in [6, 6.07) is 2.59. The van der Waals surface area contributed by atoms with Crippen molar-refractivity contribution in [1.29, 1.82) is 0 Å². The number of amides is 1. The summed E-state index contributed by atoms with van der Waals surface area (Å²) in [5, 5.41) is 2.37. The Labute approximate surface area is 114 Å². The van der Waals surface area contributed by atoms with Crippen LogP contribution in [0, 0.1) is 5.82 Å². The number of hydrogen-bond acceptors (Lipinski definition) is 2. The second-order valence-electron chi connectivity index (χ2n) is 4.54. The maximum Gasteiger partial charge on any atom is 0.419 e. The van der Waals surface area contributed by atoms with Gasteiger partial charge in [-0.05, 0) is 31.9 Å². The van der Waals surface area contributed by atoms with Gasteiger partial charge in [0.1, 0.15) is 5.82 Å². The maximum absolute atomic E-state index is 13.7. The fraction of sp³-hybridized carbons (Fsp3) is 0.462. The smallest absolute Gasteiger partial charge is 0.352 e. The molecule has 0 fully saturated rings. The van der Waals surface area contributed by atoms with Gasteiger partial charge >= 0.3 is 6.18 Å². The van der Waals surface area contributed by atoms with Crippen molar-refractivity contribution < 1.29 is 22.4 Å². The van der Waals surface area contributed by atoms with Crippen molar-refractivity contribution in [2.75, 3.05) is 6.54 Å². The van der Waals surface area contributed by atoms with Crippen LogP contribution in [0.5, 0.6) is 0 Å². The van der Waals surface area contributed by atoms with Crippen molar-refractivity contribution in [2.45, 2.75) is 32.0 Å². The van der Waals surface area contributed by atoms with E-state index < -0.39 is 29.0 Å². The Hall–Kier alpha value is -1.63. The third-order valence-electron chi connectivity index (χ3n) is 2.67. The summed E-state index contributed by atoms with van der Waals surface area (Å²) in [7, 11) is 0. The summed E-state index contributed by atoms with van der Waals surface area (Å²) < 4.78 is 51.2. The lowest BCUT2D eigenvalue weighted by molar-refractivity contribution is -0.140. The minimum absolute atomic E-state index is 0.0304. The van der Waals surface area contributed by atoms with Crippen molar-refractivity contribution in [3.05, 3.63) is 35.1 Å². The van der Waals surface area contributed by atoms with Crippen LogP contribution in [0.4, 0.5) is 17.6 Å². The first-order valence-corrected chi connectivity index (χ1v) is 6.13. The molecule has 0 aliphatic carbocycles. The monoisotopic (exact) mass is 292 g/mol. The lowest BCUT2D eigenvalue weighted by Crippen LogP contribution is -2.27. The lowest BCUT2D eigenvalue weighted by atomic mass is 10.1. The van der Waals surface area contributed by atoms with Crippen LogP contribution in [0.25, 0.3) is 0 Å². The summed E-state index contributed by atoms with van der Waals surface area (Å²) in [5.41, 5.74) is 3.46. The van der Waals surface area contributed by atoms with Gasteiger partial charge in [-0.25, -0.2) is 4.39 Å². The highest BCUT2D eigenvalue weighted by atomic mass is 19.4. The Kier molecular flexibility index (Phi) is 5.50. The molecule has 112 valence electrons. The van der Waals surface area contributed by atoms with E-state index in [2.05, 4.69) is 5.32 Å². The molecule has 1 rings (SSSR count). The molecular weight excluding hydrogens is 276 g/mol. The molecule has 1 aromatic carbocycles. The van der Waals surface area contributed by atoms with Gasteiger partial charge < -0.3 is 11.1 Å². The molecule has 20 heavy (non-hydrogen) atoms. The third-order valence-corrected chi connectivity index (χ3v) is 2.67. The molecule has 0 spiro atoms. The first-order chi connectivity index (χ1) is 9.23. The van der Waals surface area contributed by atoms with Gasteiger partial charge in [0.25, 0.3) is 5.91 Å². The highest BCUT2D eigenvalue weighted by Crippen LogP contribution is 2.32. The molecule has 7 heteroatoms. The largest absolute Gasteiger partial charge is 0.419 e. The highest BCUT2D eigenvalue weighted by molar-refractivity contribution is 5.94. The Morgan fingerprint density at radius 3 is 2.60 bits per heavy atom. The third kappa shape index (κ3) is 4.48. The minimum atomic E-state index is -4.82. The highest BCUT2D eigenvalue weighted by Gasteiger charge is 2.35. The van der Waals surface area contributed by atoms with Crippen molar-refractivity contribution >= 4 is 5.91 Å². The second kappa shape index (κ2) is 6.69. The fourth-order valence-corrected chi connectivity index (χ4v) is 1.65. The zero-order chi connectivity index (χ0) is 15.3. The summed E-state index contributed by atoms with van der Waals surface area (Å²) in [6.07, 6.45) is -3.59. The molecule has 3 nitrogen and oxygen atoms in total. The van der Waals surface area contributed by atoms with Crippen LogP contribution < -0.4 is 11.1 Å². The molecule has 0 aliphatic heterocycles. The van der Waals surface area contributed by atoms with E-state index in [0.29, 0.717) is 18.9 Å². The van der Waals surface area contributed by atoms with Gasteiger partial charge in [0.15, 0.2) is 0 Å². The first kappa shape index (κ1) is 16.4. The molecule has 0 aliphatic rings. The van der Waals surface area contributed by atoms with Gasteiger partial charge in [0, 0.05) is 12.6 Å². The van der Waals surface area contributed by atoms with Gasteiger partial charge in [0.05, 0.1) is 11.1 Å². The Morgan fingerprint density at radius 2 is 2.05 bits per heavy atom. The van der Waals surface area contributed by atoms with Gasteiger partial charge in [-0.15, -0.1) is 0 Å². The zero-order valence-corrected chi connectivity index (χ0v) is 10.9. The zero-order valence-electron chi connectivity index (χ0n) is 10.9. The van der Waals surface area contributed by atoms with Crippen molar-refractivity contribution in [3.63, 3.8) is 0 Å². The van der Waals surface area contributed by atoms with Crippen LogP contribution in [0.1, 0.15) is 35.7 Å². The average molecular weight is 292 g/mol. The number of rotatable bonds is 5. The number of alkyl halides is 3. The molecule has 0 saturated heterocycles. The van der Waals surface area contributed by atoms with E-state index in [-0.39, 0.29) is 12.6 Å². The van der Waals surface area contributed by atoms with E-state index in [1.807, 2.05) is 0 Å². The number of carbonyl (C=O) groups is 1. The van der Waals surface area contributed by atoms with Gasteiger partial charge in [0.2, 0.25) is 0 Å². The standard InChI is InChI=1S/C13H16F4N2O/c1-8(18)4-3-7-19-12(20)9-5-2-6-10(11(9)14)13(15,16)17/h2,5-6,8H,3-4,7,18H2,1H3,(H,19,20). The molecule has 1 aromatic rings. The quantitative estimate of drug-likeness (QED) is 0.647. The normalized spacial score (nSPS) is 13.1. The first-order valence-electron chi connectivity index (χ1n) is 6.13. The summed E-state index contributed by atoms with van der Waals surface area (Å²) in [4.78, 5) is 11.6. The molecule has 0 aromatic heterocycles. The van der Waals surface area contributed by atoms with Crippen molar-refractivity contribution in [1.82, 2.24) is 5.32 Å². The predicted octanol–water partition coefficient (Wildman–Crippen LogP) is 2.70. The molecule has 1 atom stereocenters.